The van der Waals surface area contributed by atoms with E-state index < -0.39 is 46.0 Å². The summed E-state index contributed by atoms with van der Waals surface area (Å²) in [6, 6.07) is 3.53. The summed E-state index contributed by atoms with van der Waals surface area (Å²) in [6.45, 7) is 21.8. The van der Waals surface area contributed by atoms with Crippen LogP contribution < -0.4 is 4.31 Å². The second-order valence-corrected chi connectivity index (χ2v) is 44.0. The van der Waals surface area contributed by atoms with Gasteiger partial charge in [-0.25, -0.2) is 0 Å². The molecule has 9 aromatic heterocycles. The van der Waals surface area contributed by atoms with Gasteiger partial charge in [-0.2, -0.15) is 0 Å². The van der Waals surface area contributed by atoms with Gasteiger partial charge in [-0.1, -0.05) is 0 Å². The molecule has 0 atom stereocenters. The Balaban J connectivity index is 0.000000114. The Morgan fingerprint density at radius 2 is 0.851 bits per heavy atom. The Kier molecular flexibility index (Phi) is 14.6. The van der Waals surface area contributed by atoms with E-state index in [-0.39, 0.29) is 43.3 Å². The van der Waals surface area contributed by atoms with Crippen molar-refractivity contribution in [3.63, 3.8) is 0 Å². The number of nitrogens with zero attached hydrogens (tertiary/aromatic N) is 4. The van der Waals surface area contributed by atoms with Crippen molar-refractivity contribution in [2.45, 2.75) is 112 Å². The Bertz CT molecular complexity index is 4240. The van der Waals surface area contributed by atoms with E-state index in [0.29, 0.717) is 79.6 Å². The maximum absolute atomic E-state index is 12.8. The number of anilines is 1. The molecule has 0 aliphatic carbocycles. The minimum absolute atomic E-state index is 0.211. The summed E-state index contributed by atoms with van der Waals surface area (Å²) in [7, 11) is -10.4. The fourth-order valence-electron chi connectivity index (χ4n) is 9.68. The molecule has 2 amide bonds. The number of hydrogen-bond donors (Lipinski definition) is 0. The Morgan fingerprint density at radius 1 is 0.473 bits per heavy atom. The molecule has 14 nitrogen and oxygen atoms in total. The molecule has 9 aromatic rings. The summed E-state index contributed by atoms with van der Waals surface area (Å²) in [6.07, 6.45) is 1.58. The molecule has 0 N–H and O–H groups in total. The van der Waals surface area contributed by atoms with Gasteiger partial charge in [-0.15, -0.1) is 0 Å². The van der Waals surface area contributed by atoms with E-state index in [2.05, 4.69) is 27.7 Å². The zero-order chi connectivity index (χ0) is 53.8. The fourth-order valence-corrected chi connectivity index (χ4v) is 34.1. The SMILES string of the molecule is CCCCN1C(=O)c2c(sc3c(C)[se]c(C)c23)S1(=O)=O.Cc1[se]c(C)c2c3c(sc12)S(=O)(=O)N(C)C3.Cc1[se]c(C)c2c3c(sc12)S(=O)(=O)N(C)C3.Cc1ccc(N2C(=O)c3c(sc4c(C)[se]c(C)c34)S2(=O)=O)s1. The molecule has 0 fully saturated rings. The van der Waals surface area contributed by atoms with Gasteiger partial charge in [0.05, 0.1) is 0 Å². The monoisotopic (exact) mass is 1440 g/mol. The molecule has 4 aliphatic rings. The van der Waals surface area contributed by atoms with Crippen LogP contribution in [-0.4, -0.2) is 137 Å². The third-order valence-electron chi connectivity index (χ3n) is 13.1. The summed E-state index contributed by atoms with van der Waals surface area (Å²) in [5.41, 5.74) is 2.91. The van der Waals surface area contributed by atoms with Gasteiger partial charge < -0.3 is 0 Å². The van der Waals surface area contributed by atoms with Crippen molar-refractivity contribution in [1.29, 1.82) is 0 Å². The van der Waals surface area contributed by atoms with Crippen LogP contribution in [0.4, 0.5) is 5.00 Å². The summed E-state index contributed by atoms with van der Waals surface area (Å²) >= 11 is 8.13. The van der Waals surface area contributed by atoms with Gasteiger partial charge in [0.15, 0.2) is 0 Å². The van der Waals surface area contributed by atoms with Crippen LogP contribution in [0.2, 0.25) is 0 Å². The van der Waals surface area contributed by atoms with E-state index in [4.69, 9.17) is 0 Å². The van der Waals surface area contributed by atoms with Crippen LogP contribution in [0.5, 0.6) is 0 Å². The van der Waals surface area contributed by atoms with Crippen LogP contribution in [0.1, 0.15) is 92.0 Å². The summed E-state index contributed by atoms with van der Waals surface area (Å²) in [5.74, 6) is -0.727. The van der Waals surface area contributed by atoms with Crippen LogP contribution in [0.25, 0.3) is 40.3 Å². The number of rotatable bonds is 4. The first-order chi connectivity index (χ1) is 34.6. The molecule has 0 spiro atoms. The molecule has 0 unspecified atom stereocenters. The molecule has 0 bridgehead atoms. The van der Waals surface area contributed by atoms with Crippen molar-refractivity contribution in [1.82, 2.24) is 12.9 Å². The van der Waals surface area contributed by atoms with Crippen LogP contribution in [0.3, 0.4) is 0 Å². The van der Waals surface area contributed by atoms with Crippen molar-refractivity contribution in [2.75, 3.05) is 24.9 Å². The number of aryl methyl sites for hydroxylation is 9. The van der Waals surface area contributed by atoms with Gasteiger partial charge >= 0.3 is 480 Å². The quantitative estimate of drug-likeness (QED) is 0.154. The second-order valence-electron chi connectivity index (χ2n) is 18.2. The number of amides is 2. The molecule has 4 aliphatic heterocycles. The van der Waals surface area contributed by atoms with Crippen molar-refractivity contribution in [3.8, 4) is 0 Å². The molecule has 74 heavy (non-hydrogen) atoms. The third kappa shape index (κ3) is 8.47. The van der Waals surface area contributed by atoms with Crippen molar-refractivity contribution in [3.05, 3.63) is 74.8 Å². The van der Waals surface area contributed by atoms with Gasteiger partial charge in [0.1, 0.15) is 0 Å². The molecular weight excluding hydrogens is 1380 g/mol. The van der Waals surface area contributed by atoms with Crippen LogP contribution in [0.15, 0.2) is 29.0 Å². The van der Waals surface area contributed by atoms with Crippen LogP contribution >= 0.6 is 56.7 Å². The van der Waals surface area contributed by atoms with E-state index in [0.717, 1.165) is 55.6 Å². The second kappa shape index (κ2) is 19.5. The normalized spacial score (nSPS) is 18.0. The van der Waals surface area contributed by atoms with E-state index in [1.54, 1.807) is 20.2 Å². The number of hydrogen-bond acceptors (Lipinski definition) is 15. The molecule has 394 valence electrons. The first-order valence-corrected chi connectivity index (χ1v) is 39.5. The maximum atomic E-state index is 12.8. The predicted molar refractivity (Wildman–Crippen MR) is 306 cm³/mol. The minimum atomic E-state index is -3.77. The zero-order valence-electron chi connectivity index (χ0n) is 41.9. The molecule has 0 aromatic carbocycles. The molecular formula is C47H48N4O10S9Se4. The van der Waals surface area contributed by atoms with Crippen molar-refractivity contribution < 1.29 is 43.3 Å². The topological polar surface area (TPSA) is 184 Å². The zero-order valence-corrected chi connectivity index (χ0v) is 56.1. The Morgan fingerprint density at radius 3 is 1.26 bits per heavy atom. The van der Waals surface area contributed by atoms with Crippen molar-refractivity contribution >= 4 is 212 Å². The van der Waals surface area contributed by atoms with E-state index in [9.17, 15) is 43.3 Å². The Hall–Kier alpha value is -1.80. The number of sulfonamides is 4. The van der Waals surface area contributed by atoms with E-state index in [1.807, 2.05) is 47.6 Å². The summed E-state index contributed by atoms with van der Waals surface area (Å²) in [5, 5.41) is 4.74. The number of unbranched alkanes of at least 4 members (excludes halogenated alkanes) is 1. The molecule has 13 heterocycles. The first-order valence-electron chi connectivity index (χ1n) is 22.8. The fraction of sp³-hybridized carbons (Fsp3) is 0.362. The van der Waals surface area contributed by atoms with Gasteiger partial charge in [0.2, 0.25) is 0 Å². The van der Waals surface area contributed by atoms with Gasteiger partial charge in [-0.05, 0) is 0 Å². The Labute approximate surface area is 474 Å². The first kappa shape index (κ1) is 55.5. The molecule has 0 saturated carbocycles. The summed E-state index contributed by atoms with van der Waals surface area (Å²) in [4.78, 5) is 26.3. The molecule has 27 heteroatoms. The number of carbonyl (C=O) groups excluding carboxylic acids is 2. The standard InChI is InChI=1S/C14H11NO3S3Se.C13H15NO3S2Se.2C10H11NO2S2Se/c1-6-4-5-9(19-6)15-13(16)11-10-7(2)22-8(3)12(10)20-14(11)21(15,17)18;1-4-5-6-14-12(15)10-9-7(2)20-8(3)11(9)18-13(10)19(14,16)17;2*1-5-8-7-4-11(3)15(12,13)10(7)14-9(8)6(2)16-5/h4-5H,1-3H3;4-6H2,1-3H3;2*4H2,1-3H3. The third-order valence-corrected chi connectivity index (χ3v) is 38.4. The average Bonchev–Trinajstić information content (AvgIpc) is 4.18. The van der Waals surface area contributed by atoms with Gasteiger partial charge in [-0.3, -0.25) is 0 Å². The van der Waals surface area contributed by atoms with Crippen LogP contribution in [0, 0.1) is 62.3 Å². The summed E-state index contributed by atoms with van der Waals surface area (Å²) < 4.78 is 120. The molecule has 0 saturated heterocycles. The predicted octanol–water partition coefficient (Wildman–Crippen LogP) is 9.23. The number of fused-ring (bicyclic) bond motifs is 12. The van der Waals surface area contributed by atoms with E-state index >= 15 is 0 Å². The van der Waals surface area contributed by atoms with Crippen LogP contribution in [-0.2, 0) is 53.2 Å². The average molecular weight is 1430 g/mol. The van der Waals surface area contributed by atoms with Gasteiger partial charge in [0.25, 0.3) is 0 Å². The number of thiophene rings is 5. The van der Waals surface area contributed by atoms with E-state index in [1.165, 1.54) is 117 Å². The molecule has 0 radical (unpaired) electrons. The molecule has 13 rings (SSSR count). The van der Waals surface area contributed by atoms with Gasteiger partial charge in [0, 0.05) is 0 Å². The van der Waals surface area contributed by atoms with Crippen molar-refractivity contribution in [2.24, 2.45) is 0 Å². The number of carbonyl (C=O) groups is 2.